The molecule has 0 saturated heterocycles. The molecule has 0 aliphatic rings. The number of aryl methyl sites for hydroxylation is 1. The first-order chi connectivity index (χ1) is 12.6. The van der Waals surface area contributed by atoms with Gasteiger partial charge in [0.25, 0.3) is 5.91 Å². The van der Waals surface area contributed by atoms with Gasteiger partial charge in [-0.3, -0.25) is 4.79 Å². The molecule has 0 atom stereocenters. The fourth-order valence-corrected chi connectivity index (χ4v) is 2.32. The summed E-state index contributed by atoms with van der Waals surface area (Å²) in [5, 5.41) is 9.47. The highest BCUT2D eigenvalue weighted by Crippen LogP contribution is 2.13. The molecule has 0 unspecified atom stereocenters. The minimum atomic E-state index is -0.378. The lowest BCUT2D eigenvalue weighted by Crippen LogP contribution is -2.16. The van der Waals surface area contributed by atoms with Gasteiger partial charge >= 0.3 is 0 Å². The normalized spacial score (nSPS) is 10.4. The number of aromatic nitrogens is 3. The molecule has 0 fully saturated rings. The zero-order valence-corrected chi connectivity index (χ0v) is 14.5. The summed E-state index contributed by atoms with van der Waals surface area (Å²) in [6, 6.07) is 11.0. The number of ether oxygens (including phenoxy) is 1. The monoisotopic (exact) mass is 353 g/mol. The molecule has 0 radical (unpaired) electrons. The van der Waals surface area contributed by atoms with Gasteiger partial charge < -0.3 is 19.9 Å². The van der Waals surface area contributed by atoms with E-state index in [1.165, 1.54) is 12.3 Å². The Morgan fingerprint density at radius 3 is 2.92 bits per heavy atom. The van der Waals surface area contributed by atoms with Crippen LogP contribution < -0.4 is 15.4 Å². The molecule has 3 rings (SSSR count). The van der Waals surface area contributed by atoms with Gasteiger partial charge in [-0.25, -0.2) is 9.97 Å². The molecule has 26 heavy (non-hydrogen) atoms. The SMILES string of the molecule is COc1cccc(CCNc2nccc(C(=O)Nc3cc(C)on3)n2)c1. The van der Waals surface area contributed by atoms with Crippen LogP contribution in [-0.4, -0.2) is 34.7 Å². The van der Waals surface area contributed by atoms with Crippen molar-refractivity contribution in [2.45, 2.75) is 13.3 Å². The summed E-state index contributed by atoms with van der Waals surface area (Å²) < 4.78 is 10.1. The number of hydrogen-bond acceptors (Lipinski definition) is 7. The summed E-state index contributed by atoms with van der Waals surface area (Å²) in [5.74, 6) is 1.79. The fourth-order valence-electron chi connectivity index (χ4n) is 2.32. The van der Waals surface area contributed by atoms with Crippen LogP contribution in [0.5, 0.6) is 5.75 Å². The first-order valence-electron chi connectivity index (χ1n) is 8.08. The first-order valence-corrected chi connectivity index (χ1v) is 8.08. The van der Waals surface area contributed by atoms with Crippen molar-refractivity contribution in [3.05, 3.63) is 59.6 Å². The number of methoxy groups -OCH3 is 1. The number of anilines is 2. The third kappa shape index (κ3) is 4.56. The second-order valence-corrected chi connectivity index (χ2v) is 5.57. The number of rotatable bonds is 7. The molecule has 8 heteroatoms. The van der Waals surface area contributed by atoms with Gasteiger partial charge in [0.1, 0.15) is 17.2 Å². The second kappa shape index (κ2) is 8.11. The van der Waals surface area contributed by atoms with E-state index in [-0.39, 0.29) is 11.6 Å². The zero-order chi connectivity index (χ0) is 18.4. The van der Waals surface area contributed by atoms with E-state index >= 15 is 0 Å². The zero-order valence-electron chi connectivity index (χ0n) is 14.5. The third-order valence-corrected chi connectivity index (χ3v) is 3.59. The molecule has 3 aromatic rings. The van der Waals surface area contributed by atoms with E-state index in [1.807, 2.05) is 24.3 Å². The van der Waals surface area contributed by atoms with E-state index < -0.39 is 0 Å². The predicted octanol–water partition coefficient (Wildman–Crippen LogP) is 2.69. The Bertz CT molecular complexity index is 894. The molecule has 2 N–H and O–H groups in total. The number of nitrogens with one attached hydrogen (secondary N) is 2. The second-order valence-electron chi connectivity index (χ2n) is 5.57. The maximum absolute atomic E-state index is 12.2. The Balaban J connectivity index is 1.57. The average Bonchev–Trinajstić information content (AvgIpc) is 3.07. The van der Waals surface area contributed by atoms with Crippen LogP contribution in [0.3, 0.4) is 0 Å². The molecule has 2 aromatic heterocycles. The highest BCUT2D eigenvalue weighted by atomic mass is 16.5. The number of carbonyl (C=O) groups is 1. The average molecular weight is 353 g/mol. The standard InChI is InChI=1S/C18H19N5O3/c1-12-10-16(23-26-12)22-17(24)15-7-9-20-18(21-15)19-8-6-13-4-3-5-14(11-13)25-2/h3-5,7,9-11H,6,8H2,1-2H3,(H,19,20,21)(H,22,23,24). The number of hydrogen-bond donors (Lipinski definition) is 2. The van der Waals surface area contributed by atoms with Crippen molar-refractivity contribution in [2.24, 2.45) is 0 Å². The number of carbonyl (C=O) groups excluding carboxylic acids is 1. The Morgan fingerprint density at radius 2 is 2.15 bits per heavy atom. The minimum Gasteiger partial charge on any atom is -0.497 e. The summed E-state index contributed by atoms with van der Waals surface area (Å²) in [6.07, 6.45) is 2.30. The van der Waals surface area contributed by atoms with E-state index in [0.29, 0.717) is 24.1 Å². The molecule has 2 heterocycles. The molecule has 0 aliphatic carbocycles. The maximum atomic E-state index is 12.2. The Morgan fingerprint density at radius 1 is 1.27 bits per heavy atom. The summed E-state index contributed by atoms with van der Waals surface area (Å²) >= 11 is 0. The molecular weight excluding hydrogens is 334 g/mol. The molecule has 0 spiro atoms. The van der Waals surface area contributed by atoms with Crippen molar-refractivity contribution < 1.29 is 14.1 Å². The van der Waals surface area contributed by atoms with Gasteiger partial charge in [0, 0.05) is 18.8 Å². The minimum absolute atomic E-state index is 0.240. The number of nitrogens with zero attached hydrogens (tertiary/aromatic N) is 3. The highest BCUT2D eigenvalue weighted by Gasteiger charge is 2.11. The van der Waals surface area contributed by atoms with E-state index in [9.17, 15) is 4.79 Å². The van der Waals surface area contributed by atoms with Crippen molar-refractivity contribution in [1.29, 1.82) is 0 Å². The van der Waals surface area contributed by atoms with Gasteiger partial charge in [-0.2, -0.15) is 0 Å². The van der Waals surface area contributed by atoms with Gasteiger partial charge in [-0.1, -0.05) is 17.3 Å². The summed E-state index contributed by atoms with van der Waals surface area (Å²) in [4.78, 5) is 20.6. The van der Waals surface area contributed by atoms with Gasteiger partial charge in [0.2, 0.25) is 5.95 Å². The van der Waals surface area contributed by atoms with E-state index in [2.05, 4.69) is 25.8 Å². The largest absolute Gasteiger partial charge is 0.497 e. The molecule has 0 bridgehead atoms. The van der Waals surface area contributed by atoms with Crippen molar-refractivity contribution in [1.82, 2.24) is 15.1 Å². The summed E-state index contributed by atoms with van der Waals surface area (Å²) in [5.41, 5.74) is 1.37. The van der Waals surface area contributed by atoms with Crippen LogP contribution in [0.15, 0.2) is 47.1 Å². The van der Waals surface area contributed by atoms with Gasteiger partial charge in [0.05, 0.1) is 7.11 Å². The van der Waals surface area contributed by atoms with Crippen molar-refractivity contribution in [2.75, 3.05) is 24.3 Å². The third-order valence-electron chi connectivity index (χ3n) is 3.59. The van der Waals surface area contributed by atoms with Crippen LogP contribution in [0.4, 0.5) is 11.8 Å². The predicted molar refractivity (Wildman–Crippen MR) is 96.4 cm³/mol. The van der Waals surface area contributed by atoms with Crippen LogP contribution in [-0.2, 0) is 6.42 Å². The maximum Gasteiger partial charge on any atom is 0.275 e. The summed E-state index contributed by atoms with van der Waals surface area (Å²) in [7, 11) is 1.64. The van der Waals surface area contributed by atoms with Crippen LogP contribution in [0.25, 0.3) is 0 Å². The first kappa shape index (κ1) is 17.4. The van der Waals surface area contributed by atoms with Gasteiger partial charge in [-0.15, -0.1) is 0 Å². The Hall–Kier alpha value is -3.42. The van der Waals surface area contributed by atoms with Crippen LogP contribution in [0.1, 0.15) is 21.8 Å². The van der Waals surface area contributed by atoms with Crippen molar-refractivity contribution >= 4 is 17.7 Å². The van der Waals surface area contributed by atoms with Crippen molar-refractivity contribution in [3.8, 4) is 5.75 Å². The molecule has 0 saturated carbocycles. The molecule has 8 nitrogen and oxygen atoms in total. The molecule has 1 amide bonds. The lowest BCUT2D eigenvalue weighted by Gasteiger charge is -2.07. The lowest BCUT2D eigenvalue weighted by molar-refractivity contribution is 0.102. The number of amides is 1. The quantitative estimate of drug-likeness (QED) is 0.673. The molecule has 0 aliphatic heterocycles. The summed E-state index contributed by atoms with van der Waals surface area (Å²) in [6.45, 7) is 2.37. The Kier molecular flexibility index (Phi) is 5.43. The van der Waals surface area contributed by atoms with Crippen LogP contribution >= 0.6 is 0 Å². The smallest absolute Gasteiger partial charge is 0.275 e. The van der Waals surface area contributed by atoms with Crippen LogP contribution in [0.2, 0.25) is 0 Å². The fraction of sp³-hybridized carbons (Fsp3) is 0.222. The van der Waals surface area contributed by atoms with E-state index in [1.54, 1.807) is 20.1 Å². The van der Waals surface area contributed by atoms with Crippen molar-refractivity contribution in [3.63, 3.8) is 0 Å². The van der Waals surface area contributed by atoms with Crippen LogP contribution in [0, 0.1) is 6.92 Å². The molecule has 134 valence electrons. The number of benzene rings is 1. The van der Waals surface area contributed by atoms with Gasteiger partial charge in [0.15, 0.2) is 5.82 Å². The Labute approximate surface area is 150 Å². The molecule has 1 aromatic carbocycles. The van der Waals surface area contributed by atoms with Gasteiger partial charge in [-0.05, 0) is 37.1 Å². The highest BCUT2D eigenvalue weighted by molar-refractivity contribution is 6.02. The van der Waals surface area contributed by atoms with E-state index in [0.717, 1.165) is 17.7 Å². The topological polar surface area (TPSA) is 102 Å². The lowest BCUT2D eigenvalue weighted by atomic mass is 10.1. The van der Waals surface area contributed by atoms with E-state index in [4.69, 9.17) is 9.26 Å². The molecular formula is C18H19N5O3.